The fourth-order valence-electron chi connectivity index (χ4n) is 1.00. The fourth-order valence-corrected chi connectivity index (χ4v) is 3.02. The normalized spacial score (nSPS) is 29.3. The van der Waals surface area contributed by atoms with Crippen LogP contribution in [0, 0.1) is 0 Å². The van der Waals surface area contributed by atoms with Gasteiger partial charge in [-0.2, -0.15) is 0 Å². The topological polar surface area (TPSA) is 148 Å². The van der Waals surface area contributed by atoms with Crippen molar-refractivity contribution in [2.45, 2.75) is 24.4 Å². The van der Waals surface area contributed by atoms with Gasteiger partial charge in [0.15, 0.2) is 0 Å². The first-order valence-electron chi connectivity index (χ1n) is 3.79. The van der Waals surface area contributed by atoms with E-state index in [-0.39, 0.29) is 12.1 Å². The molecule has 15 heavy (non-hydrogen) atoms. The zero-order valence-electron chi connectivity index (χ0n) is 7.48. The Kier molecular flexibility index (Phi) is 6.61. The molecule has 89 valence electrons. The molecule has 0 bridgehead atoms. The molecule has 1 heterocycles. The van der Waals surface area contributed by atoms with Crippen LogP contribution in [0.4, 0.5) is 0 Å². The molecule has 1 saturated heterocycles. The number of aliphatic hydroxyl groups excluding tert-OH is 3. The van der Waals surface area contributed by atoms with E-state index in [2.05, 4.69) is 0 Å². The van der Waals surface area contributed by atoms with Crippen LogP contribution in [-0.4, -0.2) is 85.4 Å². The summed E-state index contributed by atoms with van der Waals surface area (Å²) in [5.74, 6) is -1.53. The Balaban J connectivity index is 0.00000196. The van der Waals surface area contributed by atoms with Gasteiger partial charge < -0.3 is 5.48 Å². The summed E-state index contributed by atoms with van der Waals surface area (Å²) in [7, 11) is 0. The Morgan fingerprint density at radius 1 is 1.40 bits per heavy atom. The summed E-state index contributed by atoms with van der Waals surface area (Å²) >= 11 is -1.38. The molecular weight excluding hydrogens is 322 g/mol. The second kappa shape index (κ2) is 6.59. The molecule has 9 heteroatoms. The maximum absolute atomic E-state index is 10.3. The molecule has 0 saturated carbocycles. The number of rotatable bonds is 4. The number of hydrogen-bond acceptors (Lipinski definition) is 6. The zero-order chi connectivity index (χ0) is 10.7. The van der Waals surface area contributed by atoms with Crippen LogP contribution in [0.1, 0.15) is 0 Å². The van der Waals surface area contributed by atoms with Crippen LogP contribution in [0.3, 0.4) is 0 Å². The third-order valence-electron chi connectivity index (χ3n) is 1.80. The number of carboxylic acids is 1. The van der Waals surface area contributed by atoms with Gasteiger partial charge in [-0.25, -0.2) is 0 Å². The van der Waals surface area contributed by atoms with Crippen LogP contribution in [0.25, 0.3) is 0 Å². The Bertz CT molecular complexity index is 211. The van der Waals surface area contributed by atoms with Crippen molar-refractivity contribution < 1.29 is 36.7 Å². The van der Waals surface area contributed by atoms with E-state index < -0.39 is 52.8 Å². The number of aliphatic hydroxyl groups is 3. The summed E-state index contributed by atoms with van der Waals surface area (Å²) in [6.45, 7) is -0.371. The molecule has 0 aromatic carbocycles. The Labute approximate surface area is 96.4 Å². The average molecular weight is 334 g/mol. The van der Waals surface area contributed by atoms with E-state index >= 15 is 0 Å². The van der Waals surface area contributed by atoms with Crippen molar-refractivity contribution in [3.63, 3.8) is 0 Å². The van der Waals surface area contributed by atoms with Gasteiger partial charge in [-0.1, -0.05) is 0 Å². The van der Waals surface area contributed by atoms with Crippen LogP contribution in [-0.2, 0) is 10.8 Å². The predicted octanol–water partition coefficient (Wildman–Crippen LogP) is -3.72. The first-order chi connectivity index (χ1) is 6.57. The first kappa shape index (κ1) is 15.0. The molecule has 1 aliphatic rings. The van der Waals surface area contributed by atoms with Gasteiger partial charge in [0.25, 0.3) is 0 Å². The molecule has 0 aliphatic carbocycles. The minimum absolute atomic E-state index is 0. The molecule has 1 aliphatic heterocycles. The molecule has 1 rings (SSSR count). The van der Waals surface area contributed by atoms with E-state index in [9.17, 15) is 9.90 Å². The van der Waals surface area contributed by atoms with Crippen molar-refractivity contribution in [1.29, 1.82) is 0 Å². The number of carbonyl (C=O) groups is 1. The molecule has 4 unspecified atom stereocenters. The van der Waals surface area contributed by atoms with Gasteiger partial charge in [0.1, 0.15) is 0 Å². The van der Waals surface area contributed by atoms with Gasteiger partial charge >= 0.3 is 90.7 Å². The van der Waals surface area contributed by atoms with Crippen molar-refractivity contribution in [1.82, 2.24) is 0 Å². The predicted molar refractivity (Wildman–Crippen MR) is 45.8 cm³/mol. The summed E-state index contributed by atoms with van der Waals surface area (Å²) in [5.41, 5.74) is 0. The monoisotopic (exact) mass is 333 g/mol. The molecule has 6 N–H and O–H groups in total. The average Bonchev–Trinajstić information content (AvgIpc) is 2.62. The summed E-state index contributed by atoms with van der Waals surface area (Å²) < 4.78 is 9.96. The van der Waals surface area contributed by atoms with Gasteiger partial charge in [-0.05, 0) is 0 Å². The second-order valence-electron chi connectivity index (χ2n) is 2.74. The number of hydrogen-bond donors (Lipinski definition) is 4. The molecule has 1 fully saturated rings. The summed E-state index contributed by atoms with van der Waals surface area (Å²) in [6, 6.07) is 0. The van der Waals surface area contributed by atoms with Crippen LogP contribution < -0.4 is 0 Å². The Morgan fingerprint density at radius 2 is 2.00 bits per heavy atom. The zero-order valence-corrected chi connectivity index (χ0v) is 10.0. The quantitative estimate of drug-likeness (QED) is 0.386. The van der Waals surface area contributed by atoms with Crippen molar-refractivity contribution in [2.24, 2.45) is 0 Å². The Hall–Kier alpha value is 0.0482. The van der Waals surface area contributed by atoms with Gasteiger partial charge in [0, 0.05) is 0 Å². The fraction of sp³-hybridized carbons (Fsp3) is 0.833. The molecule has 0 spiro atoms. The Morgan fingerprint density at radius 3 is 2.47 bits per heavy atom. The maximum atomic E-state index is 10.3. The molecule has 0 aromatic rings. The molecule has 4 atom stereocenters. The van der Waals surface area contributed by atoms with Gasteiger partial charge in [0.05, 0.1) is 0 Å². The SMILES string of the molecule is O.O=C(O)C(O)C(O)C1[O][Sb][O]C1CO. The second-order valence-corrected chi connectivity index (χ2v) is 4.37. The van der Waals surface area contributed by atoms with Crippen LogP contribution in [0.15, 0.2) is 0 Å². The van der Waals surface area contributed by atoms with Crippen molar-refractivity contribution in [2.75, 3.05) is 6.61 Å². The summed E-state index contributed by atoms with van der Waals surface area (Å²) in [4.78, 5) is 10.3. The molecule has 8 nitrogen and oxygen atoms in total. The minimum atomic E-state index is -1.92. The van der Waals surface area contributed by atoms with Crippen molar-refractivity contribution in [3.8, 4) is 0 Å². The number of aliphatic carboxylic acids is 1. The van der Waals surface area contributed by atoms with Crippen LogP contribution in [0.2, 0.25) is 0 Å². The molecular formula is C6H12O8Sb. The van der Waals surface area contributed by atoms with E-state index in [4.69, 9.17) is 21.4 Å². The summed E-state index contributed by atoms with van der Waals surface area (Å²) in [5, 5.41) is 35.6. The number of carboxylic acid groups (broad SMARTS) is 1. The van der Waals surface area contributed by atoms with Crippen molar-refractivity contribution >= 4 is 28.4 Å². The van der Waals surface area contributed by atoms with E-state index in [1.165, 1.54) is 0 Å². The van der Waals surface area contributed by atoms with Gasteiger partial charge in [-0.3, -0.25) is 0 Å². The standard InChI is InChI=1S/C6H10O7.H2O.Sb/c7-1-2(8)3(9)4(10)5(11)6(12)13;;/h2-5,7,10-11H,1H2,(H,12,13);1H2;/q-2;;+2. The molecule has 0 amide bonds. The van der Waals surface area contributed by atoms with E-state index in [0.717, 1.165) is 0 Å². The molecule has 1 radical (unpaired) electrons. The third kappa shape index (κ3) is 3.53. The molecule has 0 aromatic heterocycles. The van der Waals surface area contributed by atoms with Gasteiger partial charge in [0.2, 0.25) is 0 Å². The first-order valence-corrected chi connectivity index (χ1v) is 5.88. The van der Waals surface area contributed by atoms with E-state index in [1.54, 1.807) is 0 Å². The van der Waals surface area contributed by atoms with Gasteiger partial charge in [-0.15, -0.1) is 0 Å². The van der Waals surface area contributed by atoms with Crippen LogP contribution in [0.5, 0.6) is 0 Å². The van der Waals surface area contributed by atoms with E-state index in [0.29, 0.717) is 0 Å². The van der Waals surface area contributed by atoms with Crippen molar-refractivity contribution in [3.05, 3.63) is 0 Å². The summed E-state index contributed by atoms with van der Waals surface area (Å²) in [6.07, 6.45) is -5.20. The van der Waals surface area contributed by atoms with Crippen LogP contribution >= 0.6 is 0 Å². The van der Waals surface area contributed by atoms with E-state index in [1.807, 2.05) is 0 Å². The third-order valence-corrected chi connectivity index (χ3v) is 3.76.